The van der Waals surface area contributed by atoms with Crippen LogP contribution in [0.25, 0.3) is 0 Å². The molecule has 3 rings (SSSR count). The van der Waals surface area contributed by atoms with Crippen molar-refractivity contribution in [3.63, 3.8) is 0 Å². The molecular weight excluding hydrogens is 270 g/mol. The molecule has 2 saturated heterocycles. The molecule has 1 atom stereocenters. The van der Waals surface area contributed by atoms with E-state index in [1.54, 1.807) is 24.1 Å². The van der Waals surface area contributed by atoms with Crippen LogP contribution in [-0.2, 0) is 9.59 Å². The van der Waals surface area contributed by atoms with Gasteiger partial charge in [0.1, 0.15) is 17.9 Å². The number of carbonyl (C=O) groups is 2. The second kappa shape index (κ2) is 5.05. The molecule has 1 aromatic heterocycles. The van der Waals surface area contributed by atoms with Crippen LogP contribution in [0.5, 0.6) is 0 Å². The van der Waals surface area contributed by atoms with Crippen molar-refractivity contribution in [2.45, 2.75) is 6.04 Å². The molecule has 2 aliphatic heterocycles. The van der Waals surface area contributed by atoms with E-state index in [1.165, 1.54) is 11.1 Å². The topological polar surface area (TPSA) is 80.5 Å². The molecule has 0 radical (unpaired) electrons. The number of hydrogen-bond acceptors (Lipinski definition) is 5. The van der Waals surface area contributed by atoms with Gasteiger partial charge < -0.3 is 14.7 Å². The van der Waals surface area contributed by atoms with Gasteiger partial charge in [-0.05, 0) is 12.1 Å². The van der Waals surface area contributed by atoms with E-state index in [4.69, 9.17) is 5.26 Å². The van der Waals surface area contributed by atoms with E-state index < -0.39 is 6.04 Å². The minimum Gasteiger partial charge on any atom is -0.352 e. The molecule has 2 amide bonds. The summed E-state index contributed by atoms with van der Waals surface area (Å²) in [6.07, 6.45) is 1.52. The van der Waals surface area contributed by atoms with E-state index in [1.807, 2.05) is 11.0 Å². The highest BCUT2D eigenvalue weighted by Gasteiger charge is 2.41. The molecule has 108 valence electrons. The van der Waals surface area contributed by atoms with Gasteiger partial charge in [-0.15, -0.1) is 0 Å². The summed E-state index contributed by atoms with van der Waals surface area (Å²) in [5.41, 5.74) is 0.501. The van der Waals surface area contributed by atoms with Gasteiger partial charge in [-0.2, -0.15) is 5.26 Å². The van der Waals surface area contributed by atoms with Gasteiger partial charge >= 0.3 is 0 Å². The molecular formula is C14H15N5O2. The van der Waals surface area contributed by atoms with Gasteiger partial charge in [0.15, 0.2) is 0 Å². The third-order valence-electron chi connectivity index (χ3n) is 3.94. The summed E-state index contributed by atoms with van der Waals surface area (Å²) in [6.45, 7) is 1.75. The van der Waals surface area contributed by atoms with Crippen LogP contribution in [0.2, 0.25) is 0 Å². The fourth-order valence-corrected chi connectivity index (χ4v) is 2.77. The highest BCUT2D eigenvalue weighted by atomic mass is 16.2. The Morgan fingerprint density at radius 3 is 2.81 bits per heavy atom. The first kappa shape index (κ1) is 13.4. The smallest absolute Gasteiger partial charge is 0.247 e. The zero-order valence-corrected chi connectivity index (χ0v) is 11.7. The zero-order chi connectivity index (χ0) is 15.0. The minimum atomic E-state index is -0.442. The van der Waals surface area contributed by atoms with E-state index in [2.05, 4.69) is 4.98 Å². The average Bonchev–Trinajstić information content (AvgIpc) is 2.52. The summed E-state index contributed by atoms with van der Waals surface area (Å²) in [5.74, 6) is 0.685. The third-order valence-corrected chi connectivity index (χ3v) is 3.94. The summed E-state index contributed by atoms with van der Waals surface area (Å²) in [5, 5.41) is 8.79. The Bertz CT molecular complexity index is 621. The van der Waals surface area contributed by atoms with Crippen molar-refractivity contribution in [3.05, 3.63) is 23.9 Å². The standard InChI is InChI=1S/C14H15N5O2/c1-17-9-13(20)19-5-4-18(8-11(19)14(17)21)12-3-2-10(6-15)7-16-12/h2-3,7,11H,4-5,8-9H2,1H3. The van der Waals surface area contributed by atoms with E-state index >= 15 is 0 Å². The van der Waals surface area contributed by atoms with Crippen LogP contribution >= 0.6 is 0 Å². The number of pyridine rings is 1. The van der Waals surface area contributed by atoms with Crippen molar-refractivity contribution in [1.29, 1.82) is 5.26 Å². The number of fused-ring (bicyclic) bond motifs is 1. The molecule has 0 N–H and O–H groups in total. The number of rotatable bonds is 1. The molecule has 7 nitrogen and oxygen atoms in total. The van der Waals surface area contributed by atoms with Gasteiger partial charge in [0.05, 0.1) is 12.1 Å². The zero-order valence-electron chi connectivity index (χ0n) is 11.7. The summed E-state index contributed by atoms with van der Waals surface area (Å²) in [7, 11) is 1.65. The Hall–Kier alpha value is -2.62. The summed E-state index contributed by atoms with van der Waals surface area (Å²) in [6, 6.07) is 5.06. The molecule has 0 saturated carbocycles. The highest BCUT2D eigenvalue weighted by Crippen LogP contribution is 2.21. The lowest BCUT2D eigenvalue weighted by Crippen LogP contribution is -2.66. The van der Waals surface area contributed by atoms with Gasteiger partial charge in [-0.3, -0.25) is 9.59 Å². The normalized spacial score (nSPS) is 22.1. The fraction of sp³-hybridized carbons (Fsp3) is 0.429. The largest absolute Gasteiger partial charge is 0.352 e. The second-order valence-electron chi connectivity index (χ2n) is 5.26. The molecule has 2 aliphatic rings. The van der Waals surface area contributed by atoms with Crippen LogP contribution in [0.15, 0.2) is 18.3 Å². The van der Waals surface area contributed by atoms with Crippen molar-refractivity contribution in [2.24, 2.45) is 0 Å². The fourth-order valence-electron chi connectivity index (χ4n) is 2.77. The van der Waals surface area contributed by atoms with Crippen molar-refractivity contribution >= 4 is 17.6 Å². The SMILES string of the molecule is CN1CC(=O)N2CCN(c3ccc(C#N)cn3)CC2C1=O. The van der Waals surface area contributed by atoms with Crippen LogP contribution in [0.4, 0.5) is 5.82 Å². The van der Waals surface area contributed by atoms with Gasteiger partial charge in [0.25, 0.3) is 0 Å². The molecule has 0 aromatic carbocycles. The number of aromatic nitrogens is 1. The van der Waals surface area contributed by atoms with Crippen LogP contribution in [-0.4, -0.2) is 65.9 Å². The molecule has 3 heterocycles. The second-order valence-corrected chi connectivity index (χ2v) is 5.26. The number of anilines is 1. The van der Waals surface area contributed by atoms with E-state index in [-0.39, 0.29) is 18.4 Å². The highest BCUT2D eigenvalue weighted by molar-refractivity contribution is 5.95. The third kappa shape index (κ3) is 2.29. The van der Waals surface area contributed by atoms with Crippen LogP contribution in [0.1, 0.15) is 5.56 Å². The molecule has 1 unspecified atom stereocenters. The summed E-state index contributed by atoms with van der Waals surface area (Å²) in [4.78, 5) is 33.6. The number of amides is 2. The number of nitriles is 1. The molecule has 2 fully saturated rings. The van der Waals surface area contributed by atoms with Crippen molar-refractivity contribution in [2.75, 3.05) is 38.1 Å². The number of carbonyl (C=O) groups excluding carboxylic acids is 2. The van der Waals surface area contributed by atoms with E-state index in [0.717, 1.165) is 5.82 Å². The number of hydrogen-bond donors (Lipinski definition) is 0. The van der Waals surface area contributed by atoms with Crippen LogP contribution in [0, 0.1) is 11.3 Å². The van der Waals surface area contributed by atoms with Crippen molar-refractivity contribution in [1.82, 2.24) is 14.8 Å². The van der Waals surface area contributed by atoms with E-state index in [9.17, 15) is 9.59 Å². The average molecular weight is 285 g/mol. The van der Waals surface area contributed by atoms with Crippen LogP contribution < -0.4 is 4.90 Å². The van der Waals surface area contributed by atoms with E-state index in [0.29, 0.717) is 25.2 Å². The molecule has 0 bridgehead atoms. The first-order valence-electron chi connectivity index (χ1n) is 6.75. The first-order valence-corrected chi connectivity index (χ1v) is 6.75. The maximum Gasteiger partial charge on any atom is 0.247 e. The van der Waals surface area contributed by atoms with Crippen LogP contribution in [0.3, 0.4) is 0 Å². The lowest BCUT2D eigenvalue weighted by atomic mass is 10.1. The summed E-state index contributed by atoms with van der Waals surface area (Å²) < 4.78 is 0. The Morgan fingerprint density at radius 1 is 1.33 bits per heavy atom. The molecule has 21 heavy (non-hydrogen) atoms. The predicted molar refractivity (Wildman–Crippen MR) is 74.3 cm³/mol. The predicted octanol–water partition coefficient (Wildman–Crippen LogP) is -0.558. The van der Waals surface area contributed by atoms with Crippen molar-refractivity contribution < 1.29 is 9.59 Å². The maximum atomic E-state index is 12.2. The van der Waals surface area contributed by atoms with Gasteiger partial charge in [0, 0.05) is 32.9 Å². The lowest BCUT2D eigenvalue weighted by Gasteiger charge is -2.45. The number of piperazine rings is 2. The molecule has 0 aliphatic carbocycles. The Kier molecular flexibility index (Phi) is 3.22. The molecule has 7 heteroatoms. The van der Waals surface area contributed by atoms with Gasteiger partial charge in [-0.1, -0.05) is 0 Å². The Labute approximate surface area is 122 Å². The monoisotopic (exact) mass is 285 g/mol. The minimum absolute atomic E-state index is 0.00506. The Balaban J connectivity index is 1.80. The molecule has 1 aromatic rings. The van der Waals surface area contributed by atoms with Crippen molar-refractivity contribution in [3.8, 4) is 6.07 Å². The van der Waals surface area contributed by atoms with Gasteiger partial charge in [0.2, 0.25) is 11.8 Å². The first-order chi connectivity index (χ1) is 10.1. The summed E-state index contributed by atoms with van der Waals surface area (Å²) >= 11 is 0. The number of nitrogens with zero attached hydrogens (tertiary/aromatic N) is 5. The molecule has 0 spiro atoms. The lowest BCUT2D eigenvalue weighted by molar-refractivity contribution is -0.154. The number of likely N-dealkylation sites (N-methyl/N-ethyl adjacent to an activating group) is 1. The van der Waals surface area contributed by atoms with Gasteiger partial charge in [-0.25, -0.2) is 4.98 Å². The maximum absolute atomic E-state index is 12.2. The quantitative estimate of drug-likeness (QED) is 0.691. The Morgan fingerprint density at radius 2 is 2.14 bits per heavy atom.